The summed E-state index contributed by atoms with van der Waals surface area (Å²) in [5, 5.41) is 8.57. The van der Waals surface area contributed by atoms with Crippen LogP contribution in [0.3, 0.4) is 0 Å². The molecule has 0 bridgehead atoms. The minimum absolute atomic E-state index is 0.0607. The highest BCUT2D eigenvalue weighted by Gasteiger charge is 2.40. The molecule has 1 N–H and O–H groups in total. The Labute approximate surface area is 228 Å². The summed E-state index contributed by atoms with van der Waals surface area (Å²) < 4.78 is 1.87. The molecule has 0 saturated carbocycles. The van der Waals surface area contributed by atoms with Gasteiger partial charge < -0.3 is 5.32 Å². The number of aryl methyl sites for hydroxylation is 2. The van der Waals surface area contributed by atoms with Gasteiger partial charge in [0.25, 0.3) is 0 Å². The van der Waals surface area contributed by atoms with Gasteiger partial charge in [0.05, 0.1) is 22.4 Å². The third-order valence-electron chi connectivity index (χ3n) is 6.41. The van der Waals surface area contributed by atoms with E-state index in [1.54, 1.807) is 16.7 Å². The van der Waals surface area contributed by atoms with E-state index in [-0.39, 0.29) is 34.8 Å². The van der Waals surface area contributed by atoms with Crippen molar-refractivity contribution in [2.75, 3.05) is 23.7 Å². The number of amides is 2. The Morgan fingerprint density at radius 1 is 1.19 bits per heavy atom. The molecular weight excluding hydrogens is 504 g/mol. The Kier molecular flexibility index (Phi) is 8.05. The number of hydrogen-bond donors (Lipinski definition) is 1. The molecule has 1 aliphatic heterocycles. The van der Waals surface area contributed by atoms with E-state index in [1.165, 1.54) is 0 Å². The summed E-state index contributed by atoms with van der Waals surface area (Å²) in [5.41, 5.74) is 5.63. The van der Waals surface area contributed by atoms with Gasteiger partial charge in [0.15, 0.2) is 0 Å². The number of fused-ring (bicyclic) bond motifs is 1. The largest absolute Gasteiger partial charge is 0.355 e. The topological polar surface area (TPSA) is 67.2 Å². The molecule has 0 saturated heterocycles. The Hall–Kier alpha value is -2.77. The molecule has 0 spiro atoms. The van der Waals surface area contributed by atoms with Gasteiger partial charge in [-0.05, 0) is 49.6 Å². The van der Waals surface area contributed by atoms with Crippen LogP contribution >= 0.6 is 23.4 Å². The van der Waals surface area contributed by atoms with E-state index >= 15 is 0 Å². The summed E-state index contributed by atoms with van der Waals surface area (Å²) in [6, 6.07) is 14.0. The lowest BCUT2D eigenvalue weighted by molar-refractivity contribution is -0.122. The summed E-state index contributed by atoms with van der Waals surface area (Å²) in [6.07, 6.45) is 0.826. The normalized spacial score (nSPS) is 15.9. The van der Waals surface area contributed by atoms with Crippen LogP contribution in [0.1, 0.15) is 67.3 Å². The van der Waals surface area contributed by atoms with Gasteiger partial charge in [-0.15, -0.1) is 11.8 Å². The van der Waals surface area contributed by atoms with E-state index in [1.807, 2.05) is 54.9 Å². The summed E-state index contributed by atoms with van der Waals surface area (Å²) in [7, 11) is 0. The Balaban J connectivity index is 2.03. The molecule has 8 heteroatoms. The van der Waals surface area contributed by atoms with E-state index in [0.29, 0.717) is 17.4 Å². The third kappa shape index (κ3) is 5.73. The van der Waals surface area contributed by atoms with E-state index in [4.69, 9.17) is 16.7 Å². The Morgan fingerprint density at radius 3 is 2.59 bits per heavy atom. The molecule has 196 valence electrons. The number of rotatable bonds is 6. The Morgan fingerprint density at radius 2 is 1.95 bits per heavy atom. The van der Waals surface area contributed by atoms with Crippen LogP contribution in [0.5, 0.6) is 0 Å². The number of carbonyl (C=O) groups is 2. The first-order chi connectivity index (χ1) is 17.5. The SMILES string of the molecule is CCCNC(=O)CN1C(=O)CS[C@@H](c2cccc(Cl)c2)c2c(C(C)(C)C)nn(-c3ccc(C)cc3C)c21. The second kappa shape index (κ2) is 10.9. The van der Waals surface area contributed by atoms with Crippen molar-refractivity contribution in [2.24, 2.45) is 0 Å². The van der Waals surface area contributed by atoms with Crippen molar-refractivity contribution in [1.82, 2.24) is 15.1 Å². The molecule has 37 heavy (non-hydrogen) atoms. The van der Waals surface area contributed by atoms with Crippen molar-refractivity contribution in [3.63, 3.8) is 0 Å². The van der Waals surface area contributed by atoms with Gasteiger partial charge in [-0.1, -0.05) is 69.1 Å². The van der Waals surface area contributed by atoms with Crippen molar-refractivity contribution in [3.8, 4) is 5.69 Å². The maximum Gasteiger partial charge on any atom is 0.240 e. The summed E-state index contributed by atoms with van der Waals surface area (Å²) in [4.78, 5) is 28.2. The average molecular weight is 539 g/mol. The smallest absolute Gasteiger partial charge is 0.240 e. The van der Waals surface area contributed by atoms with E-state index in [2.05, 4.69) is 39.1 Å². The van der Waals surface area contributed by atoms with Crippen molar-refractivity contribution in [1.29, 1.82) is 0 Å². The van der Waals surface area contributed by atoms with E-state index < -0.39 is 0 Å². The summed E-state index contributed by atoms with van der Waals surface area (Å²) in [6.45, 7) is 13.0. The highest BCUT2D eigenvalue weighted by atomic mass is 35.5. The molecule has 0 radical (unpaired) electrons. The van der Waals surface area contributed by atoms with Crippen LogP contribution in [0.4, 0.5) is 5.82 Å². The van der Waals surface area contributed by atoms with Gasteiger partial charge >= 0.3 is 0 Å². The standard InChI is InChI=1S/C29H35ClN4O2S/c1-7-13-31-23(35)16-33-24(36)17-37-26(20-9-8-10-21(30)15-20)25-27(29(4,5)6)32-34(28(25)33)22-12-11-18(2)14-19(22)3/h8-12,14-15,26H,7,13,16-17H2,1-6H3,(H,31,35)/t26-/m0/s1. The van der Waals surface area contributed by atoms with Crippen LogP contribution in [0.25, 0.3) is 5.69 Å². The van der Waals surface area contributed by atoms with Crippen LogP contribution in [-0.2, 0) is 15.0 Å². The zero-order chi connectivity index (χ0) is 26.9. The molecule has 1 aliphatic rings. The van der Waals surface area contributed by atoms with Crippen molar-refractivity contribution >= 4 is 41.0 Å². The number of aromatic nitrogens is 2. The van der Waals surface area contributed by atoms with Gasteiger partial charge in [-0.3, -0.25) is 14.5 Å². The number of thioether (sulfide) groups is 1. The van der Waals surface area contributed by atoms with Gasteiger partial charge in [0, 0.05) is 22.5 Å². The molecule has 4 rings (SSSR count). The molecule has 2 amide bonds. The maximum atomic E-state index is 13.7. The number of anilines is 1. The molecule has 1 atom stereocenters. The second-order valence-corrected chi connectivity index (χ2v) is 12.1. The Bertz CT molecular complexity index is 1330. The summed E-state index contributed by atoms with van der Waals surface area (Å²) in [5.74, 6) is 0.596. The lowest BCUT2D eigenvalue weighted by Gasteiger charge is -2.25. The number of nitrogens with one attached hydrogen (secondary N) is 1. The van der Waals surface area contributed by atoms with Crippen LogP contribution in [0, 0.1) is 13.8 Å². The molecule has 6 nitrogen and oxygen atoms in total. The molecule has 2 heterocycles. The predicted molar refractivity (Wildman–Crippen MR) is 153 cm³/mol. The van der Waals surface area contributed by atoms with E-state index in [0.717, 1.165) is 40.1 Å². The fraction of sp³-hybridized carbons (Fsp3) is 0.414. The van der Waals surface area contributed by atoms with Gasteiger partial charge in [-0.25, -0.2) is 4.68 Å². The van der Waals surface area contributed by atoms with Crippen LogP contribution in [0.15, 0.2) is 42.5 Å². The molecule has 2 aromatic carbocycles. The lowest BCUT2D eigenvalue weighted by atomic mass is 9.87. The predicted octanol–water partition coefficient (Wildman–Crippen LogP) is 6.14. The highest BCUT2D eigenvalue weighted by Crippen LogP contribution is 2.48. The number of halogens is 1. The third-order valence-corrected chi connectivity index (χ3v) is 7.90. The van der Waals surface area contributed by atoms with E-state index in [9.17, 15) is 9.59 Å². The second-order valence-electron chi connectivity index (χ2n) is 10.6. The van der Waals surface area contributed by atoms with Gasteiger partial charge in [0.1, 0.15) is 12.4 Å². The summed E-state index contributed by atoms with van der Waals surface area (Å²) >= 11 is 7.97. The van der Waals surface area contributed by atoms with Crippen molar-refractivity contribution in [3.05, 3.63) is 75.4 Å². The molecule has 0 unspecified atom stereocenters. The van der Waals surface area contributed by atoms with Crippen LogP contribution in [0.2, 0.25) is 5.02 Å². The average Bonchev–Trinajstić information content (AvgIpc) is 3.15. The fourth-order valence-electron chi connectivity index (χ4n) is 4.68. The molecular formula is C29H35ClN4O2S. The van der Waals surface area contributed by atoms with Crippen LogP contribution in [-0.4, -0.2) is 40.4 Å². The monoisotopic (exact) mass is 538 g/mol. The number of carbonyl (C=O) groups excluding carboxylic acids is 2. The lowest BCUT2D eigenvalue weighted by Crippen LogP contribution is -2.42. The minimum Gasteiger partial charge on any atom is -0.355 e. The highest BCUT2D eigenvalue weighted by molar-refractivity contribution is 8.00. The first-order valence-electron chi connectivity index (χ1n) is 12.7. The fourth-order valence-corrected chi connectivity index (χ4v) is 6.07. The number of nitrogens with zero attached hydrogens (tertiary/aromatic N) is 3. The molecule has 3 aromatic rings. The van der Waals surface area contributed by atoms with Gasteiger partial charge in [-0.2, -0.15) is 5.10 Å². The minimum atomic E-state index is -0.311. The molecule has 0 aliphatic carbocycles. The first kappa shape index (κ1) is 27.3. The molecule has 1 aromatic heterocycles. The number of benzene rings is 2. The number of hydrogen-bond acceptors (Lipinski definition) is 4. The maximum absolute atomic E-state index is 13.7. The van der Waals surface area contributed by atoms with Crippen molar-refractivity contribution < 1.29 is 9.59 Å². The van der Waals surface area contributed by atoms with Crippen molar-refractivity contribution in [2.45, 2.75) is 58.6 Å². The van der Waals surface area contributed by atoms with Crippen LogP contribution < -0.4 is 10.2 Å². The molecule has 0 fully saturated rings. The van der Waals surface area contributed by atoms with Gasteiger partial charge in [0.2, 0.25) is 11.8 Å². The zero-order valence-corrected chi connectivity index (χ0v) is 24.0. The quantitative estimate of drug-likeness (QED) is 0.409. The first-order valence-corrected chi connectivity index (χ1v) is 14.1. The zero-order valence-electron chi connectivity index (χ0n) is 22.4.